The highest BCUT2D eigenvalue weighted by molar-refractivity contribution is 8.02. The van der Waals surface area contributed by atoms with Crippen molar-refractivity contribution in [2.75, 3.05) is 10.8 Å². The van der Waals surface area contributed by atoms with Crippen LogP contribution in [0.15, 0.2) is 35.9 Å². The summed E-state index contributed by atoms with van der Waals surface area (Å²) >= 11 is 1.67. The third kappa shape index (κ3) is 1.72. The van der Waals surface area contributed by atoms with Gasteiger partial charge in [0.1, 0.15) is 0 Å². The van der Waals surface area contributed by atoms with Gasteiger partial charge < -0.3 is 4.90 Å². The maximum Gasteiger partial charge on any atom is 0.271 e. The molecule has 0 saturated carbocycles. The maximum atomic E-state index is 10.5. The smallest absolute Gasteiger partial charge is 0.271 e. The van der Waals surface area contributed by atoms with Crippen LogP contribution in [0.5, 0.6) is 0 Å². The van der Waals surface area contributed by atoms with Gasteiger partial charge in [-0.15, -0.1) is 11.8 Å². The van der Waals surface area contributed by atoms with Crippen LogP contribution in [0.4, 0.5) is 11.4 Å². The van der Waals surface area contributed by atoms with E-state index in [2.05, 4.69) is 0 Å². The maximum absolute atomic E-state index is 10.5. The second-order valence-electron chi connectivity index (χ2n) is 2.83. The van der Waals surface area contributed by atoms with Crippen LogP contribution in [0.1, 0.15) is 0 Å². The fraction of sp³-hybridized carbons (Fsp3) is 0.111. The van der Waals surface area contributed by atoms with Gasteiger partial charge in [0, 0.05) is 24.0 Å². The second-order valence-corrected chi connectivity index (χ2v) is 3.69. The summed E-state index contributed by atoms with van der Waals surface area (Å²) in [6.45, 7) is 0. The lowest BCUT2D eigenvalue weighted by molar-refractivity contribution is -0.384. The highest BCUT2D eigenvalue weighted by atomic mass is 32.2. The molecule has 0 amide bonds. The molecule has 14 heavy (non-hydrogen) atoms. The molecule has 0 atom stereocenters. The largest absolute Gasteiger partial charge is 0.337 e. The SMILES string of the molecule is O=[N+]([O-])c1cccc(N2C=CSC2)c1. The van der Waals surface area contributed by atoms with Crippen molar-refractivity contribution in [2.24, 2.45) is 0 Å². The van der Waals surface area contributed by atoms with Gasteiger partial charge >= 0.3 is 0 Å². The molecule has 72 valence electrons. The molecule has 2 rings (SSSR count). The standard InChI is InChI=1S/C9H8N2O2S/c12-11(13)9-3-1-2-8(6-9)10-4-5-14-7-10/h1-6H,7H2. The summed E-state index contributed by atoms with van der Waals surface area (Å²) in [4.78, 5) is 12.1. The lowest BCUT2D eigenvalue weighted by atomic mass is 10.2. The summed E-state index contributed by atoms with van der Waals surface area (Å²) in [5.41, 5.74) is 0.994. The number of hydrogen-bond donors (Lipinski definition) is 0. The quantitative estimate of drug-likeness (QED) is 0.553. The normalized spacial score (nSPS) is 14.7. The average Bonchev–Trinajstić information content (AvgIpc) is 2.71. The van der Waals surface area contributed by atoms with E-state index in [0.717, 1.165) is 11.6 Å². The van der Waals surface area contributed by atoms with Crippen molar-refractivity contribution in [3.05, 3.63) is 46.0 Å². The lowest BCUT2D eigenvalue weighted by Gasteiger charge is -2.13. The third-order valence-corrected chi connectivity index (χ3v) is 2.66. The van der Waals surface area contributed by atoms with E-state index < -0.39 is 0 Å². The van der Waals surface area contributed by atoms with Crippen molar-refractivity contribution in [1.29, 1.82) is 0 Å². The number of nitrogens with zero attached hydrogens (tertiary/aromatic N) is 2. The van der Waals surface area contributed by atoms with Crippen molar-refractivity contribution in [1.82, 2.24) is 0 Å². The summed E-state index contributed by atoms with van der Waals surface area (Å²) < 4.78 is 0. The summed E-state index contributed by atoms with van der Waals surface area (Å²) in [5.74, 6) is 0.821. The Balaban J connectivity index is 2.30. The predicted molar refractivity (Wildman–Crippen MR) is 57.2 cm³/mol. The number of hydrogen-bond acceptors (Lipinski definition) is 4. The zero-order chi connectivity index (χ0) is 9.97. The number of nitro benzene ring substituents is 1. The molecule has 0 fully saturated rings. The van der Waals surface area contributed by atoms with E-state index in [4.69, 9.17) is 0 Å². The summed E-state index contributed by atoms with van der Waals surface area (Å²) in [6.07, 6.45) is 1.92. The molecule has 0 aromatic heterocycles. The van der Waals surface area contributed by atoms with Crippen LogP contribution in [0.3, 0.4) is 0 Å². The van der Waals surface area contributed by atoms with Crippen molar-refractivity contribution < 1.29 is 4.92 Å². The molecule has 1 aliphatic rings. The lowest BCUT2D eigenvalue weighted by Crippen LogP contribution is -2.10. The molecule has 1 aromatic rings. The molecule has 1 heterocycles. The van der Waals surface area contributed by atoms with E-state index in [-0.39, 0.29) is 10.6 Å². The molecule has 0 unspecified atom stereocenters. The number of thioether (sulfide) groups is 1. The van der Waals surface area contributed by atoms with Gasteiger partial charge in [-0.05, 0) is 11.5 Å². The zero-order valence-corrected chi connectivity index (χ0v) is 8.11. The molecule has 0 saturated heterocycles. The van der Waals surface area contributed by atoms with Crippen LogP contribution in [-0.2, 0) is 0 Å². The van der Waals surface area contributed by atoms with Crippen LogP contribution in [-0.4, -0.2) is 10.8 Å². The van der Waals surface area contributed by atoms with E-state index in [1.54, 1.807) is 23.9 Å². The van der Waals surface area contributed by atoms with E-state index in [1.165, 1.54) is 6.07 Å². The van der Waals surface area contributed by atoms with Gasteiger partial charge in [-0.25, -0.2) is 0 Å². The predicted octanol–water partition coefficient (Wildman–Crippen LogP) is 2.58. The molecule has 0 radical (unpaired) electrons. The van der Waals surface area contributed by atoms with Gasteiger partial charge in [0.2, 0.25) is 0 Å². The molecule has 0 aliphatic carbocycles. The first-order valence-electron chi connectivity index (χ1n) is 4.07. The Morgan fingerprint density at radius 2 is 2.36 bits per heavy atom. The monoisotopic (exact) mass is 208 g/mol. The van der Waals surface area contributed by atoms with Gasteiger partial charge in [-0.2, -0.15) is 0 Å². The highest BCUT2D eigenvalue weighted by Crippen LogP contribution is 2.26. The molecule has 0 bridgehead atoms. The Bertz CT molecular complexity index is 392. The minimum atomic E-state index is -0.379. The van der Waals surface area contributed by atoms with Crippen molar-refractivity contribution >= 4 is 23.1 Å². The topological polar surface area (TPSA) is 46.4 Å². The number of nitro groups is 1. The second kappa shape index (κ2) is 3.71. The Kier molecular flexibility index (Phi) is 2.41. The third-order valence-electron chi connectivity index (χ3n) is 1.92. The number of rotatable bonds is 2. The van der Waals surface area contributed by atoms with Gasteiger partial charge in [-0.1, -0.05) is 6.07 Å². The Morgan fingerprint density at radius 3 is 3.00 bits per heavy atom. The average molecular weight is 208 g/mol. The first-order valence-corrected chi connectivity index (χ1v) is 5.11. The van der Waals surface area contributed by atoms with Crippen LogP contribution in [0, 0.1) is 10.1 Å². The van der Waals surface area contributed by atoms with E-state index in [9.17, 15) is 10.1 Å². The van der Waals surface area contributed by atoms with Gasteiger partial charge in [0.25, 0.3) is 5.69 Å². The minimum absolute atomic E-state index is 0.132. The molecule has 5 heteroatoms. The number of anilines is 1. The first-order chi connectivity index (χ1) is 6.77. The van der Waals surface area contributed by atoms with Crippen molar-refractivity contribution in [3.8, 4) is 0 Å². The molecule has 1 aromatic carbocycles. The molecular weight excluding hydrogens is 200 g/mol. The molecule has 4 nitrogen and oxygen atoms in total. The van der Waals surface area contributed by atoms with Crippen LogP contribution in [0.2, 0.25) is 0 Å². The number of non-ortho nitro benzene ring substituents is 1. The molecule has 0 spiro atoms. The van der Waals surface area contributed by atoms with Crippen LogP contribution in [0.25, 0.3) is 0 Å². The van der Waals surface area contributed by atoms with E-state index in [0.29, 0.717) is 0 Å². The fourth-order valence-corrected chi connectivity index (χ4v) is 1.94. The van der Waals surface area contributed by atoms with Gasteiger partial charge in [-0.3, -0.25) is 10.1 Å². The van der Waals surface area contributed by atoms with Gasteiger partial charge in [0.05, 0.1) is 10.8 Å². The molecule has 0 N–H and O–H groups in total. The summed E-state index contributed by atoms with van der Waals surface area (Å²) in [5, 5.41) is 12.5. The summed E-state index contributed by atoms with van der Waals surface area (Å²) in [6, 6.07) is 6.64. The molecule has 1 aliphatic heterocycles. The highest BCUT2D eigenvalue weighted by Gasteiger charge is 2.11. The van der Waals surface area contributed by atoms with E-state index >= 15 is 0 Å². The summed E-state index contributed by atoms with van der Waals surface area (Å²) in [7, 11) is 0. The van der Waals surface area contributed by atoms with Crippen molar-refractivity contribution in [2.45, 2.75) is 0 Å². The van der Waals surface area contributed by atoms with Crippen LogP contribution >= 0.6 is 11.8 Å². The Hall–Kier alpha value is -1.49. The number of benzene rings is 1. The Morgan fingerprint density at radius 1 is 1.50 bits per heavy atom. The van der Waals surface area contributed by atoms with Gasteiger partial charge in [0.15, 0.2) is 0 Å². The molecular formula is C9H8N2O2S. The minimum Gasteiger partial charge on any atom is -0.337 e. The van der Waals surface area contributed by atoms with Crippen molar-refractivity contribution in [3.63, 3.8) is 0 Å². The zero-order valence-electron chi connectivity index (χ0n) is 7.29. The first kappa shape index (κ1) is 9.08. The fourth-order valence-electron chi connectivity index (χ4n) is 1.23. The van der Waals surface area contributed by atoms with E-state index in [1.807, 2.05) is 22.6 Å². The Labute approximate surface area is 85.4 Å². The van der Waals surface area contributed by atoms with Crippen LogP contribution < -0.4 is 4.90 Å².